The Kier molecular flexibility index (Phi) is 7.99. The molecule has 1 unspecified atom stereocenters. The maximum atomic E-state index is 12.0. The molecule has 0 saturated heterocycles. The number of hydrogen-bond donors (Lipinski definition) is 2. The van der Waals surface area contributed by atoms with Crippen LogP contribution in [0.2, 0.25) is 0 Å². The van der Waals surface area contributed by atoms with Crippen molar-refractivity contribution in [3.8, 4) is 11.5 Å². The van der Waals surface area contributed by atoms with E-state index in [1.54, 1.807) is 12.1 Å². The van der Waals surface area contributed by atoms with E-state index in [4.69, 9.17) is 9.84 Å². The Morgan fingerprint density at radius 1 is 1.36 bits per heavy atom. The molecule has 0 aliphatic heterocycles. The fourth-order valence-electron chi connectivity index (χ4n) is 3.19. The lowest BCUT2D eigenvalue weighted by molar-refractivity contribution is -0.114. The van der Waals surface area contributed by atoms with Crippen molar-refractivity contribution in [2.45, 2.75) is 64.4 Å². The van der Waals surface area contributed by atoms with E-state index in [1.807, 2.05) is 18.2 Å². The van der Waals surface area contributed by atoms with Crippen LogP contribution in [0, 0.1) is 5.92 Å². The fourth-order valence-corrected chi connectivity index (χ4v) is 3.19. The zero-order valence-electron chi connectivity index (χ0n) is 15.1. The molecule has 4 nitrogen and oxygen atoms in total. The van der Waals surface area contributed by atoms with E-state index in [9.17, 15) is 9.90 Å². The van der Waals surface area contributed by atoms with Crippen molar-refractivity contribution in [1.29, 1.82) is 0 Å². The number of aliphatic hydroxyl groups excluding tert-OH is 1. The van der Waals surface area contributed by atoms with Crippen LogP contribution in [0.1, 0.15) is 57.4 Å². The van der Waals surface area contributed by atoms with Crippen molar-refractivity contribution in [1.82, 2.24) is 0 Å². The number of phenols is 1. The quantitative estimate of drug-likeness (QED) is 0.624. The first-order valence-electron chi connectivity index (χ1n) is 9.42. The maximum Gasteiger partial charge on any atom is 0.161 e. The SMILES string of the molecule is CCC(C=CC(=O)CCc1ccc(O)c(OC2CCCC2)c1)CCO. The number of aromatic hydroxyl groups is 1. The van der Waals surface area contributed by atoms with Gasteiger partial charge in [0, 0.05) is 13.0 Å². The lowest BCUT2D eigenvalue weighted by Crippen LogP contribution is -2.11. The largest absolute Gasteiger partial charge is 0.504 e. The second-order valence-corrected chi connectivity index (χ2v) is 6.83. The van der Waals surface area contributed by atoms with E-state index in [0.717, 1.165) is 24.8 Å². The molecule has 1 aromatic rings. The normalized spacial score (nSPS) is 16.4. The Bertz CT molecular complexity index is 573. The number of ketones is 1. The molecule has 0 radical (unpaired) electrons. The highest BCUT2D eigenvalue weighted by Gasteiger charge is 2.18. The average Bonchev–Trinajstić information content (AvgIpc) is 3.12. The molecule has 2 rings (SSSR count). The van der Waals surface area contributed by atoms with Crippen LogP contribution in [0.25, 0.3) is 0 Å². The molecule has 0 aromatic heterocycles. The van der Waals surface area contributed by atoms with Crippen molar-refractivity contribution in [3.05, 3.63) is 35.9 Å². The summed E-state index contributed by atoms with van der Waals surface area (Å²) in [5, 5.41) is 19.0. The number of phenolic OH excluding ortho intramolecular Hbond substituents is 1. The molecule has 138 valence electrons. The molecule has 1 aliphatic carbocycles. The first kappa shape index (κ1) is 19.5. The Labute approximate surface area is 150 Å². The van der Waals surface area contributed by atoms with E-state index >= 15 is 0 Å². The van der Waals surface area contributed by atoms with E-state index in [0.29, 0.717) is 25.0 Å². The standard InChI is InChI=1S/C21H30O4/c1-2-16(13-14-22)7-10-18(23)11-8-17-9-12-20(24)21(15-17)25-19-5-3-4-6-19/h7,9-10,12,15-16,19,22,24H,2-6,8,11,13-14H2,1H3. The molecule has 4 heteroatoms. The zero-order chi connectivity index (χ0) is 18.1. The van der Waals surface area contributed by atoms with Gasteiger partial charge in [-0.15, -0.1) is 0 Å². The minimum absolute atomic E-state index is 0.0859. The maximum absolute atomic E-state index is 12.0. The molecule has 0 amide bonds. The summed E-state index contributed by atoms with van der Waals surface area (Å²) in [5.74, 6) is 1.04. The van der Waals surface area contributed by atoms with Crippen LogP contribution < -0.4 is 4.74 Å². The third kappa shape index (κ3) is 6.54. The molecule has 0 heterocycles. The predicted octanol–water partition coefficient (Wildman–Crippen LogP) is 4.18. The van der Waals surface area contributed by atoms with Gasteiger partial charge in [-0.3, -0.25) is 4.79 Å². The summed E-state index contributed by atoms with van der Waals surface area (Å²) in [4.78, 5) is 12.0. The summed E-state index contributed by atoms with van der Waals surface area (Å²) < 4.78 is 5.90. The summed E-state index contributed by atoms with van der Waals surface area (Å²) in [5.41, 5.74) is 0.995. The van der Waals surface area contributed by atoms with Crippen LogP contribution in [0.3, 0.4) is 0 Å². The van der Waals surface area contributed by atoms with E-state index in [-0.39, 0.29) is 30.2 Å². The number of carbonyl (C=O) groups excluding carboxylic acids is 1. The molecule has 2 N–H and O–H groups in total. The number of rotatable bonds is 10. The van der Waals surface area contributed by atoms with Crippen molar-refractivity contribution in [2.24, 2.45) is 5.92 Å². The summed E-state index contributed by atoms with van der Waals surface area (Å²) in [6.07, 6.45) is 10.9. The van der Waals surface area contributed by atoms with Gasteiger partial charge in [-0.05, 0) is 74.6 Å². The van der Waals surface area contributed by atoms with Crippen LogP contribution in [0.4, 0.5) is 0 Å². The Morgan fingerprint density at radius 3 is 2.80 bits per heavy atom. The fraction of sp³-hybridized carbons (Fsp3) is 0.571. The molecule has 25 heavy (non-hydrogen) atoms. The molecular formula is C21H30O4. The number of ether oxygens (including phenoxy) is 1. The van der Waals surface area contributed by atoms with Crippen LogP contribution >= 0.6 is 0 Å². The van der Waals surface area contributed by atoms with Crippen molar-refractivity contribution in [3.63, 3.8) is 0 Å². The molecular weight excluding hydrogens is 316 g/mol. The third-order valence-electron chi connectivity index (χ3n) is 4.86. The second kappa shape index (κ2) is 10.2. The highest BCUT2D eigenvalue weighted by Crippen LogP contribution is 2.31. The van der Waals surface area contributed by atoms with Gasteiger partial charge < -0.3 is 14.9 Å². The molecule has 1 saturated carbocycles. The minimum Gasteiger partial charge on any atom is -0.504 e. The first-order valence-corrected chi connectivity index (χ1v) is 9.42. The van der Waals surface area contributed by atoms with Crippen LogP contribution in [-0.2, 0) is 11.2 Å². The number of aryl methyl sites for hydroxylation is 1. The van der Waals surface area contributed by atoms with Crippen molar-refractivity contribution < 1.29 is 19.7 Å². The Hall–Kier alpha value is -1.81. The zero-order valence-corrected chi connectivity index (χ0v) is 15.1. The summed E-state index contributed by atoms with van der Waals surface area (Å²) in [6.45, 7) is 2.20. The molecule has 1 aromatic carbocycles. The van der Waals surface area contributed by atoms with Gasteiger partial charge in [-0.1, -0.05) is 19.1 Å². The summed E-state index contributed by atoms with van der Waals surface area (Å²) in [7, 11) is 0. The van der Waals surface area contributed by atoms with Gasteiger partial charge in [0.05, 0.1) is 6.10 Å². The van der Waals surface area contributed by atoms with E-state index in [1.165, 1.54) is 12.8 Å². The van der Waals surface area contributed by atoms with Crippen LogP contribution in [0.15, 0.2) is 30.4 Å². The first-order chi connectivity index (χ1) is 12.1. The summed E-state index contributed by atoms with van der Waals surface area (Å²) >= 11 is 0. The lowest BCUT2D eigenvalue weighted by Gasteiger charge is -2.15. The molecule has 0 spiro atoms. The monoisotopic (exact) mass is 346 g/mol. The Balaban J connectivity index is 1.87. The number of benzene rings is 1. The minimum atomic E-state index is 0.0859. The highest BCUT2D eigenvalue weighted by atomic mass is 16.5. The molecule has 0 bridgehead atoms. The highest BCUT2D eigenvalue weighted by molar-refractivity contribution is 5.89. The number of allylic oxidation sites excluding steroid dienone is 2. The van der Waals surface area contributed by atoms with Gasteiger partial charge in [0.2, 0.25) is 0 Å². The molecule has 1 atom stereocenters. The van der Waals surface area contributed by atoms with Gasteiger partial charge in [0.15, 0.2) is 17.3 Å². The molecule has 1 fully saturated rings. The predicted molar refractivity (Wildman–Crippen MR) is 98.9 cm³/mol. The van der Waals surface area contributed by atoms with E-state index < -0.39 is 0 Å². The number of carbonyl (C=O) groups is 1. The number of hydrogen-bond acceptors (Lipinski definition) is 4. The van der Waals surface area contributed by atoms with Crippen molar-refractivity contribution in [2.75, 3.05) is 6.61 Å². The van der Waals surface area contributed by atoms with Crippen LogP contribution in [-0.4, -0.2) is 28.7 Å². The number of aliphatic hydroxyl groups is 1. The second-order valence-electron chi connectivity index (χ2n) is 6.83. The topological polar surface area (TPSA) is 66.8 Å². The van der Waals surface area contributed by atoms with Gasteiger partial charge >= 0.3 is 0 Å². The van der Waals surface area contributed by atoms with Gasteiger partial charge in [0.25, 0.3) is 0 Å². The molecule has 1 aliphatic rings. The third-order valence-corrected chi connectivity index (χ3v) is 4.86. The average molecular weight is 346 g/mol. The smallest absolute Gasteiger partial charge is 0.161 e. The van der Waals surface area contributed by atoms with Gasteiger partial charge in [-0.2, -0.15) is 0 Å². The van der Waals surface area contributed by atoms with E-state index in [2.05, 4.69) is 6.92 Å². The van der Waals surface area contributed by atoms with Gasteiger partial charge in [0.1, 0.15) is 0 Å². The van der Waals surface area contributed by atoms with Gasteiger partial charge in [-0.25, -0.2) is 0 Å². The Morgan fingerprint density at radius 2 is 2.12 bits per heavy atom. The summed E-state index contributed by atoms with van der Waals surface area (Å²) in [6, 6.07) is 5.34. The van der Waals surface area contributed by atoms with Crippen LogP contribution in [0.5, 0.6) is 11.5 Å². The van der Waals surface area contributed by atoms with Crippen molar-refractivity contribution >= 4 is 5.78 Å². The lowest BCUT2D eigenvalue weighted by atomic mass is 10.0.